The lowest BCUT2D eigenvalue weighted by atomic mass is 10.2. The minimum absolute atomic E-state index is 0.223. The molecule has 0 radical (unpaired) electrons. The van der Waals surface area contributed by atoms with Gasteiger partial charge in [-0.15, -0.1) is 0 Å². The highest BCUT2D eigenvalue weighted by molar-refractivity contribution is 5.45. The Labute approximate surface area is 125 Å². The third kappa shape index (κ3) is 4.46. The number of nitrogens with one attached hydrogen (secondary N) is 1. The molecule has 2 aromatic rings. The standard InChI is InChI=1S/C17H21FN2O/c1-19-13-14-6-3-4-9-17(14)21-11-10-20(2)16-8-5-7-15(18)12-16/h3-9,12,19H,10-11,13H2,1-2H3. The molecule has 21 heavy (non-hydrogen) atoms. The molecule has 0 aliphatic carbocycles. The highest BCUT2D eigenvalue weighted by atomic mass is 19.1. The SMILES string of the molecule is CNCc1ccccc1OCCN(C)c1cccc(F)c1. The first-order valence-electron chi connectivity index (χ1n) is 7.02. The summed E-state index contributed by atoms with van der Waals surface area (Å²) in [6.45, 7) is 2.01. The van der Waals surface area contributed by atoms with Crippen LogP contribution in [0.4, 0.5) is 10.1 Å². The zero-order valence-corrected chi connectivity index (χ0v) is 12.5. The average Bonchev–Trinajstić information content (AvgIpc) is 2.49. The molecule has 112 valence electrons. The predicted molar refractivity (Wildman–Crippen MR) is 84.4 cm³/mol. The van der Waals surface area contributed by atoms with Gasteiger partial charge in [-0.2, -0.15) is 0 Å². The van der Waals surface area contributed by atoms with Gasteiger partial charge in [0.2, 0.25) is 0 Å². The summed E-state index contributed by atoms with van der Waals surface area (Å²) in [6, 6.07) is 14.5. The first-order chi connectivity index (χ1) is 10.2. The third-order valence-corrected chi connectivity index (χ3v) is 3.27. The maximum atomic E-state index is 13.2. The fourth-order valence-electron chi connectivity index (χ4n) is 2.12. The molecule has 0 atom stereocenters. The second-order valence-electron chi connectivity index (χ2n) is 4.89. The van der Waals surface area contributed by atoms with E-state index in [9.17, 15) is 4.39 Å². The zero-order chi connectivity index (χ0) is 15.1. The van der Waals surface area contributed by atoms with Crippen molar-refractivity contribution in [3.8, 4) is 5.75 Å². The van der Waals surface area contributed by atoms with E-state index in [1.165, 1.54) is 12.1 Å². The molecule has 3 nitrogen and oxygen atoms in total. The predicted octanol–water partition coefficient (Wildman–Crippen LogP) is 3.06. The van der Waals surface area contributed by atoms with Crippen molar-refractivity contribution in [1.82, 2.24) is 5.32 Å². The largest absolute Gasteiger partial charge is 0.491 e. The summed E-state index contributed by atoms with van der Waals surface area (Å²) in [4.78, 5) is 1.98. The lowest BCUT2D eigenvalue weighted by Gasteiger charge is -2.20. The van der Waals surface area contributed by atoms with Crippen molar-refractivity contribution in [1.29, 1.82) is 0 Å². The van der Waals surface area contributed by atoms with E-state index in [1.807, 2.05) is 49.3 Å². The summed E-state index contributed by atoms with van der Waals surface area (Å²) >= 11 is 0. The van der Waals surface area contributed by atoms with Crippen molar-refractivity contribution in [3.63, 3.8) is 0 Å². The lowest BCUT2D eigenvalue weighted by molar-refractivity contribution is 0.322. The Morgan fingerprint density at radius 3 is 2.71 bits per heavy atom. The van der Waals surface area contributed by atoms with Crippen molar-refractivity contribution < 1.29 is 9.13 Å². The summed E-state index contributed by atoms with van der Waals surface area (Å²) in [6.07, 6.45) is 0. The van der Waals surface area contributed by atoms with E-state index in [-0.39, 0.29) is 5.82 Å². The minimum atomic E-state index is -0.223. The first kappa shape index (κ1) is 15.3. The summed E-state index contributed by atoms with van der Waals surface area (Å²) in [5.74, 6) is 0.666. The maximum Gasteiger partial charge on any atom is 0.125 e. The van der Waals surface area contributed by atoms with Crippen molar-refractivity contribution in [2.45, 2.75) is 6.54 Å². The molecule has 0 bridgehead atoms. The van der Waals surface area contributed by atoms with Crippen LogP contribution in [-0.2, 0) is 6.54 Å². The molecule has 0 heterocycles. The van der Waals surface area contributed by atoms with Crippen molar-refractivity contribution in [2.75, 3.05) is 32.1 Å². The van der Waals surface area contributed by atoms with Crippen molar-refractivity contribution in [2.24, 2.45) is 0 Å². The Bertz CT molecular complexity index is 574. The lowest BCUT2D eigenvalue weighted by Crippen LogP contribution is -2.24. The Hall–Kier alpha value is -2.07. The normalized spacial score (nSPS) is 10.4. The van der Waals surface area contributed by atoms with E-state index in [0.717, 1.165) is 23.5 Å². The highest BCUT2D eigenvalue weighted by Crippen LogP contribution is 2.18. The van der Waals surface area contributed by atoms with Crippen LogP contribution in [0, 0.1) is 5.82 Å². The minimum Gasteiger partial charge on any atom is -0.491 e. The summed E-state index contributed by atoms with van der Waals surface area (Å²) in [5, 5.41) is 3.12. The smallest absolute Gasteiger partial charge is 0.125 e. The third-order valence-electron chi connectivity index (χ3n) is 3.27. The van der Waals surface area contributed by atoms with Crippen molar-refractivity contribution >= 4 is 5.69 Å². The Kier molecular flexibility index (Phi) is 5.58. The number of hydrogen-bond donors (Lipinski definition) is 1. The molecule has 2 rings (SSSR count). The van der Waals surface area contributed by atoms with E-state index < -0.39 is 0 Å². The van der Waals surface area contributed by atoms with Gasteiger partial charge in [0.1, 0.15) is 18.2 Å². The van der Waals surface area contributed by atoms with Crippen LogP contribution in [0.1, 0.15) is 5.56 Å². The summed E-state index contributed by atoms with van der Waals surface area (Å²) in [5.41, 5.74) is 1.98. The summed E-state index contributed by atoms with van der Waals surface area (Å²) < 4.78 is 19.0. The van der Waals surface area contributed by atoms with Gasteiger partial charge in [-0.3, -0.25) is 0 Å². The van der Waals surface area contributed by atoms with Crippen molar-refractivity contribution in [3.05, 3.63) is 59.9 Å². The molecule has 0 unspecified atom stereocenters. The number of likely N-dealkylation sites (N-methyl/N-ethyl adjacent to an activating group) is 1. The molecule has 1 N–H and O–H groups in total. The second-order valence-corrected chi connectivity index (χ2v) is 4.89. The molecule has 2 aromatic carbocycles. The maximum absolute atomic E-state index is 13.2. The van der Waals surface area contributed by atoms with Crippen LogP contribution in [0.5, 0.6) is 5.75 Å². The molecule has 0 aliphatic rings. The molecule has 0 saturated carbocycles. The number of para-hydroxylation sites is 1. The van der Waals surface area contributed by atoms with Crippen LogP contribution in [-0.4, -0.2) is 27.2 Å². The van der Waals surface area contributed by atoms with Gasteiger partial charge < -0.3 is 15.0 Å². The number of rotatable bonds is 7. The number of nitrogens with zero attached hydrogens (tertiary/aromatic N) is 1. The fourth-order valence-corrected chi connectivity index (χ4v) is 2.12. The van der Waals surface area contributed by atoms with E-state index in [2.05, 4.69) is 5.32 Å². The van der Waals surface area contributed by atoms with Crippen LogP contribution in [0.2, 0.25) is 0 Å². The molecular weight excluding hydrogens is 267 g/mol. The molecule has 0 amide bonds. The highest BCUT2D eigenvalue weighted by Gasteiger charge is 2.04. The van der Waals surface area contributed by atoms with Gasteiger partial charge in [-0.1, -0.05) is 24.3 Å². The van der Waals surface area contributed by atoms with E-state index in [4.69, 9.17) is 4.74 Å². The average molecular weight is 288 g/mol. The molecule has 0 spiro atoms. The number of ether oxygens (including phenoxy) is 1. The van der Waals surface area contributed by atoms with Crippen LogP contribution < -0.4 is 15.0 Å². The molecule has 0 saturated heterocycles. The molecule has 0 aliphatic heterocycles. The topological polar surface area (TPSA) is 24.5 Å². The van der Waals surface area contributed by atoms with Crippen LogP contribution in [0.3, 0.4) is 0 Å². The van der Waals surface area contributed by atoms with Crippen LogP contribution >= 0.6 is 0 Å². The van der Waals surface area contributed by atoms with Gasteiger partial charge in [0.15, 0.2) is 0 Å². The second kappa shape index (κ2) is 7.64. The number of halogens is 1. The van der Waals surface area contributed by atoms with Gasteiger partial charge in [0.05, 0.1) is 6.54 Å². The van der Waals surface area contributed by atoms with Crippen LogP contribution in [0.15, 0.2) is 48.5 Å². The van der Waals surface area contributed by atoms with Gasteiger partial charge in [-0.05, 0) is 31.3 Å². The van der Waals surface area contributed by atoms with Gasteiger partial charge >= 0.3 is 0 Å². The molecule has 4 heteroatoms. The zero-order valence-electron chi connectivity index (χ0n) is 12.5. The van der Waals surface area contributed by atoms with Gasteiger partial charge in [-0.25, -0.2) is 4.39 Å². The van der Waals surface area contributed by atoms with Crippen LogP contribution in [0.25, 0.3) is 0 Å². The van der Waals surface area contributed by atoms with Gasteiger partial charge in [0.25, 0.3) is 0 Å². The Balaban J connectivity index is 1.89. The van der Waals surface area contributed by atoms with Gasteiger partial charge in [0, 0.05) is 24.8 Å². The number of benzene rings is 2. The monoisotopic (exact) mass is 288 g/mol. The Morgan fingerprint density at radius 1 is 1.14 bits per heavy atom. The number of anilines is 1. The van der Waals surface area contributed by atoms with E-state index in [0.29, 0.717) is 13.2 Å². The van der Waals surface area contributed by atoms with E-state index in [1.54, 1.807) is 6.07 Å². The quantitative estimate of drug-likeness (QED) is 0.847. The number of hydrogen-bond acceptors (Lipinski definition) is 3. The molecular formula is C17H21FN2O. The Morgan fingerprint density at radius 2 is 1.95 bits per heavy atom. The summed E-state index contributed by atoms with van der Waals surface area (Å²) in [7, 11) is 3.84. The molecule has 0 aromatic heterocycles. The molecule has 0 fully saturated rings. The van der Waals surface area contributed by atoms with E-state index >= 15 is 0 Å². The first-order valence-corrected chi connectivity index (χ1v) is 7.02. The fraction of sp³-hybridized carbons (Fsp3) is 0.294.